The van der Waals surface area contributed by atoms with Crippen molar-refractivity contribution < 1.29 is 29.9 Å². The number of nitrogens with zero attached hydrogens (tertiary/aromatic N) is 1. The van der Waals surface area contributed by atoms with Gasteiger partial charge in [0.25, 0.3) is 0 Å². The molecule has 2 unspecified atom stereocenters. The van der Waals surface area contributed by atoms with E-state index >= 15 is 0 Å². The number of hydrogen-bond donors (Lipinski definition) is 5. The summed E-state index contributed by atoms with van der Waals surface area (Å²) in [5.74, 6) is -0.0610. The number of hydrogen-bond acceptors (Lipinski definition) is 8. The molecule has 1 aromatic rings. The summed E-state index contributed by atoms with van der Waals surface area (Å²) in [6.07, 6.45) is 1.56. The lowest BCUT2D eigenvalue weighted by Crippen LogP contribution is -2.46. The van der Waals surface area contributed by atoms with Crippen molar-refractivity contribution in [3.05, 3.63) is 35.9 Å². The standard InChI is InChI=1S/C15H23NO3.C8H17NO3/c17-10-14(11-18)8-15-12-19-7-6-16(15)9-13-4-2-1-3-5-13;10-4-7(5-11)3-8-6-12-2-1-9-8/h1-5,14-15,17-18H,6-12H2;7-11H,1-6H2. The van der Waals surface area contributed by atoms with Crippen LogP contribution in [0.2, 0.25) is 0 Å². The van der Waals surface area contributed by atoms with Crippen LogP contribution in [0.5, 0.6) is 0 Å². The highest BCUT2D eigenvalue weighted by molar-refractivity contribution is 5.14. The molecule has 5 N–H and O–H groups in total. The van der Waals surface area contributed by atoms with Gasteiger partial charge in [-0.3, -0.25) is 4.90 Å². The Labute approximate surface area is 185 Å². The molecule has 0 amide bonds. The van der Waals surface area contributed by atoms with Crippen molar-refractivity contribution >= 4 is 0 Å². The minimum absolute atomic E-state index is 0.0100. The fraction of sp³-hybridized carbons (Fsp3) is 0.739. The average molecular weight is 441 g/mol. The van der Waals surface area contributed by atoms with Gasteiger partial charge in [-0.15, -0.1) is 0 Å². The van der Waals surface area contributed by atoms with E-state index < -0.39 is 0 Å². The molecule has 8 nitrogen and oxygen atoms in total. The number of aliphatic hydroxyl groups excluding tert-OH is 4. The van der Waals surface area contributed by atoms with Crippen LogP contribution in [0.25, 0.3) is 0 Å². The van der Waals surface area contributed by atoms with Crippen LogP contribution in [-0.2, 0) is 16.0 Å². The minimum Gasteiger partial charge on any atom is -0.396 e. The van der Waals surface area contributed by atoms with Gasteiger partial charge in [-0.2, -0.15) is 0 Å². The fourth-order valence-corrected chi connectivity index (χ4v) is 3.90. The molecule has 178 valence electrons. The first-order valence-electron chi connectivity index (χ1n) is 11.3. The van der Waals surface area contributed by atoms with Crippen LogP contribution in [0, 0.1) is 11.8 Å². The Morgan fingerprint density at radius 2 is 1.52 bits per heavy atom. The van der Waals surface area contributed by atoms with Crippen molar-refractivity contribution in [2.75, 3.05) is 65.9 Å². The van der Waals surface area contributed by atoms with Crippen LogP contribution in [0.15, 0.2) is 30.3 Å². The van der Waals surface area contributed by atoms with Gasteiger partial charge in [-0.05, 0) is 18.4 Å². The maximum absolute atomic E-state index is 9.21. The largest absolute Gasteiger partial charge is 0.396 e. The van der Waals surface area contributed by atoms with Crippen molar-refractivity contribution in [3.63, 3.8) is 0 Å². The van der Waals surface area contributed by atoms with Crippen LogP contribution in [-0.4, -0.2) is 103 Å². The predicted molar refractivity (Wildman–Crippen MR) is 119 cm³/mol. The quantitative estimate of drug-likeness (QED) is 0.341. The second-order valence-corrected chi connectivity index (χ2v) is 8.34. The van der Waals surface area contributed by atoms with Gasteiger partial charge in [-0.1, -0.05) is 30.3 Å². The Hall–Kier alpha value is -1.10. The Morgan fingerprint density at radius 1 is 0.871 bits per heavy atom. The summed E-state index contributed by atoms with van der Waals surface area (Å²) in [6, 6.07) is 10.9. The predicted octanol–water partition coefficient (Wildman–Crippen LogP) is -0.156. The molecule has 2 aliphatic rings. The highest BCUT2D eigenvalue weighted by Crippen LogP contribution is 2.18. The number of nitrogens with one attached hydrogen (secondary N) is 1. The van der Waals surface area contributed by atoms with E-state index in [2.05, 4.69) is 34.5 Å². The number of aliphatic hydroxyl groups is 4. The highest BCUT2D eigenvalue weighted by atomic mass is 16.5. The molecule has 0 aromatic heterocycles. The molecular formula is C23H40N2O6. The summed E-state index contributed by atoms with van der Waals surface area (Å²) >= 11 is 0. The van der Waals surface area contributed by atoms with E-state index in [1.807, 2.05) is 6.07 Å². The third-order valence-corrected chi connectivity index (χ3v) is 5.83. The fourth-order valence-electron chi connectivity index (χ4n) is 3.90. The summed E-state index contributed by atoms with van der Waals surface area (Å²) in [7, 11) is 0. The number of rotatable bonds is 10. The van der Waals surface area contributed by atoms with E-state index in [0.717, 1.165) is 45.7 Å². The average Bonchev–Trinajstić information content (AvgIpc) is 2.83. The van der Waals surface area contributed by atoms with E-state index in [-0.39, 0.29) is 44.3 Å². The molecule has 2 atom stereocenters. The molecule has 2 saturated heterocycles. The van der Waals surface area contributed by atoms with Gasteiger partial charge in [0.05, 0.1) is 26.4 Å². The van der Waals surface area contributed by atoms with E-state index in [1.54, 1.807) is 0 Å². The Kier molecular flexibility index (Phi) is 13.2. The first-order chi connectivity index (χ1) is 15.2. The second-order valence-electron chi connectivity index (χ2n) is 8.34. The lowest BCUT2D eigenvalue weighted by molar-refractivity contribution is -0.0268. The maximum Gasteiger partial charge on any atom is 0.0622 e. The minimum atomic E-state index is -0.0510. The highest BCUT2D eigenvalue weighted by Gasteiger charge is 2.25. The van der Waals surface area contributed by atoms with Crippen molar-refractivity contribution in [1.82, 2.24) is 10.2 Å². The molecule has 31 heavy (non-hydrogen) atoms. The molecule has 3 rings (SSSR count). The zero-order valence-corrected chi connectivity index (χ0v) is 18.4. The topological polar surface area (TPSA) is 115 Å². The first-order valence-corrected chi connectivity index (χ1v) is 11.3. The molecule has 2 heterocycles. The van der Waals surface area contributed by atoms with Crippen LogP contribution >= 0.6 is 0 Å². The van der Waals surface area contributed by atoms with Crippen molar-refractivity contribution in [1.29, 1.82) is 0 Å². The van der Waals surface area contributed by atoms with E-state index in [4.69, 9.17) is 19.7 Å². The third-order valence-electron chi connectivity index (χ3n) is 5.83. The van der Waals surface area contributed by atoms with Crippen molar-refractivity contribution in [2.45, 2.75) is 31.5 Å². The monoisotopic (exact) mass is 440 g/mol. The molecule has 0 saturated carbocycles. The SMILES string of the molecule is OCC(CO)CC1COCCN1.OCC(CO)CC1COCCN1Cc1ccccc1. The second kappa shape index (κ2) is 15.7. The number of ether oxygens (including phenoxy) is 2. The van der Waals surface area contributed by atoms with Gasteiger partial charge >= 0.3 is 0 Å². The smallest absolute Gasteiger partial charge is 0.0622 e. The van der Waals surface area contributed by atoms with Crippen LogP contribution < -0.4 is 5.32 Å². The first kappa shape index (κ1) is 26.2. The lowest BCUT2D eigenvalue weighted by Gasteiger charge is -2.37. The summed E-state index contributed by atoms with van der Waals surface area (Å²) in [6.45, 7) is 5.74. The van der Waals surface area contributed by atoms with Gasteiger partial charge in [0.15, 0.2) is 0 Å². The van der Waals surface area contributed by atoms with Gasteiger partial charge < -0.3 is 35.2 Å². The number of morpholine rings is 2. The zero-order valence-electron chi connectivity index (χ0n) is 18.4. The van der Waals surface area contributed by atoms with Crippen molar-refractivity contribution in [3.8, 4) is 0 Å². The summed E-state index contributed by atoms with van der Waals surface area (Å²) < 4.78 is 10.8. The summed E-state index contributed by atoms with van der Waals surface area (Å²) in [4.78, 5) is 2.39. The molecule has 2 aliphatic heterocycles. The molecule has 8 heteroatoms. The van der Waals surface area contributed by atoms with Gasteiger partial charge in [0.2, 0.25) is 0 Å². The van der Waals surface area contributed by atoms with E-state index in [0.29, 0.717) is 19.3 Å². The van der Waals surface area contributed by atoms with Gasteiger partial charge in [0, 0.05) is 70.0 Å². The van der Waals surface area contributed by atoms with Crippen molar-refractivity contribution in [2.24, 2.45) is 11.8 Å². The molecule has 1 aromatic carbocycles. The molecule has 0 bridgehead atoms. The van der Waals surface area contributed by atoms with Gasteiger partial charge in [0.1, 0.15) is 0 Å². The molecule has 0 aliphatic carbocycles. The van der Waals surface area contributed by atoms with E-state index in [9.17, 15) is 10.2 Å². The summed E-state index contributed by atoms with van der Waals surface area (Å²) in [5, 5.41) is 39.4. The third kappa shape index (κ3) is 9.93. The van der Waals surface area contributed by atoms with Gasteiger partial charge in [-0.25, -0.2) is 0 Å². The van der Waals surface area contributed by atoms with E-state index in [1.165, 1.54) is 5.56 Å². The normalized spacial score (nSPS) is 22.4. The molecular weight excluding hydrogens is 400 g/mol. The molecule has 0 radical (unpaired) electrons. The van der Waals surface area contributed by atoms with Crippen LogP contribution in [0.4, 0.5) is 0 Å². The maximum atomic E-state index is 9.21. The number of benzene rings is 1. The van der Waals surface area contributed by atoms with Crippen LogP contribution in [0.3, 0.4) is 0 Å². The lowest BCUT2D eigenvalue weighted by atomic mass is 9.99. The Balaban J connectivity index is 0.000000245. The Morgan fingerprint density at radius 3 is 2.13 bits per heavy atom. The molecule has 2 fully saturated rings. The summed E-state index contributed by atoms with van der Waals surface area (Å²) in [5.41, 5.74) is 1.29. The van der Waals surface area contributed by atoms with Crippen LogP contribution in [0.1, 0.15) is 18.4 Å². The zero-order chi connectivity index (χ0) is 22.3. The Bertz CT molecular complexity index is 550. The molecule has 0 spiro atoms.